The third kappa shape index (κ3) is 1.29. The lowest BCUT2D eigenvalue weighted by molar-refractivity contribution is -0.115. The predicted octanol–water partition coefficient (Wildman–Crippen LogP) is 1.99. The third-order valence-electron chi connectivity index (χ3n) is 3.52. The topological polar surface area (TPSA) is 54.5 Å². The van der Waals surface area contributed by atoms with Crippen LogP contribution in [0.1, 0.15) is 5.69 Å². The molecule has 2 aromatic rings. The Balaban J connectivity index is 2.17. The van der Waals surface area contributed by atoms with Crippen molar-refractivity contribution in [2.45, 2.75) is 0 Å². The fourth-order valence-electron chi connectivity index (χ4n) is 2.72. The van der Waals surface area contributed by atoms with E-state index in [4.69, 9.17) is 4.74 Å². The monoisotopic (exact) mass is 253 g/mol. The number of hydrogen-bond donors (Lipinski definition) is 1. The molecule has 0 saturated heterocycles. The zero-order chi connectivity index (χ0) is 13.0. The van der Waals surface area contributed by atoms with Gasteiger partial charge in [-0.1, -0.05) is 0 Å². The van der Waals surface area contributed by atoms with Crippen LogP contribution in [-0.4, -0.2) is 24.5 Å². The number of methoxy groups -OCH3 is 1. The zero-order valence-electron chi connectivity index (χ0n) is 10.3. The lowest BCUT2D eigenvalue weighted by Gasteiger charge is -2.32. The van der Waals surface area contributed by atoms with Gasteiger partial charge in [-0.05, 0) is 23.6 Å². The van der Waals surface area contributed by atoms with Gasteiger partial charge in [0, 0.05) is 17.8 Å². The summed E-state index contributed by atoms with van der Waals surface area (Å²) >= 11 is 0. The molecule has 4 rings (SSSR count). The lowest BCUT2D eigenvalue weighted by atomic mass is 10.0. The van der Waals surface area contributed by atoms with Gasteiger partial charge in [0.1, 0.15) is 18.0 Å². The van der Waals surface area contributed by atoms with E-state index in [1.165, 1.54) is 0 Å². The summed E-state index contributed by atoms with van der Waals surface area (Å²) in [6.45, 7) is 0.320. The molecule has 5 heteroatoms. The van der Waals surface area contributed by atoms with Crippen molar-refractivity contribution in [2.24, 2.45) is 0 Å². The average molecular weight is 253 g/mol. The maximum Gasteiger partial charge on any atom is 0.244 e. The van der Waals surface area contributed by atoms with E-state index in [0.29, 0.717) is 12.3 Å². The second-order valence-electron chi connectivity index (χ2n) is 4.59. The van der Waals surface area contributed by atoms with Gasteiger partial charge in [-0.2, -0.15) is 0 Å². The average Bonchev–Trinajstić information content (AvgIpc) is 2.43. The van der Waals surface area contributed by atoms with Gasteiger partial charge in [0.05, 0.1) is 18.5 Å². The number of nitrogens with one attached hydrogen (secondary N) is 1. The van der Waals surface area contributed by atoms with E-state index in [-0.39, 0.29) is 5.91 Å². The van der Waals surface area contributed by atoms with Crippen LogP contribution in [0.15, 0.2) is 24.5 Å². The number of nitrogens with zero attached hydrogens (tertiary/aromatic N) is 2. The Bertz CT molecular complexity index is 752. The summed E-state index contributed by atoms with van der Waals surface area (Å²) in [6.07, 6.45) is 5.61. The summed E-state index contributed by atoms with van der Waals surface area (Å²) in [7, 11) is 1.61. The molecule has 0 radical (unpaired) electrons. The van der Waals surface area contributed by atoms with Crippen molar-refractivity contribution in [3.05, 3.63) is 30.2 Å². The van der Waals surface area contributed by atoms with Gasteiger partial charge in [0.2, 0.25) is 5.91 Å². The Morgan fingerprint density at radius 3 is 3.21 bits per heavy atom. The number of anilines is 2. The number of ether oxygens (including phenoxy) is 1. The quantitative estimate of drug-likeness (QED) is 0.844. The van der Waals surface area contributed by atoms with Gasteiger partial charge in [0.15, 0.2) is 0 Å². The number of aromatic nitrogens is 1. The van der Waals surface area contributed by atoms with Crippen LogP contribution in [-0.2, 0) is 4.79 Å². The Morgan fingerprint density at radius 1 is 1.47 bits per heavy atom. The number of carbonyl (C=O) groups is 1. The van der Waals surface area contributed by atoms with E-state index >= 15 is 0 Å². The number of carbonyl (C=O) groups excluding carboxylic acids is 1. The molecule has 0 aliphatic carbocycles. The highest BCUT2D eigenvalue weighted by Gasteiger charge is 2.29. The molecular formula is C14H11N3O2. The molecule has 94 valence electrons. The van der Waals surface area contributed by atoms with Crippen LogP contribution in [0, 0.1) is 0 Å². The van der Waals surface area contributed by atoms with E-state index in [1.54, 1.807) is 13.3 Å². The first-order valence-corrected chi connectivity index (χ1v) is 6.02. The van der Waals surface area contributed by atoms with Crippen LogP contribution in [0.5, 0.6) is 5.75 Å². The SMILES string of the molecule is COc1cc2ccnc3c2c2c1NC(=O)CN2C=C3. The molecule has 0 saturated carbocycles. The Hall–Kier alpha value is -2.56. The van der Waals surface area contributed by atoms with E-state index in [1.807, 2.05) is 29.3 Å². The van der Waals surface area contributed by atoms with Crippen LogP contribution < -0.4 is 15.0 Å². The number of rotatable bonds is 1. The highest BCUT2D eigenvalue weighted by atomic mass is 16.5. The second kappa shape index (κ2) is 3.47. The maximum atomic E-state index is 11.8. The fraction of sp³-hybridized carbons (Fsp3) is 0.143. The summed E-state index contributed by atoms with van der Waals surface area (Å²) in [5.41, 5.74) is 2.62. The molecule has 1 aromatic heterocycles. The molecule has 0 bridgehead atoms. The number of amides is 1. The second-order valence-corrected chi connectivity index (χ2v) is 4.59. The third-order valence-corrected chi connectivity index (χ3v) is 3.52. The lowest BCUT2D eigenvalue weighted by Crippen LogP contribution is -2.36. The molecule has 3 heterocycles. The van der Waals surface area contributed by atoms with Gasteiger partial charge in [-0.25, -0.2) is 0 Å². The minimum atomic E-state index is -0.0397. The Kier molecular flexibility index (Phi) is 1.90. The van der Waals surface area contributed by atoms with Crippen LogP contribution in [0.4, 0.5) is 11.4 Å². The largest absolute Gasteiger partial charge is 0.494 e. The summed E-state index contributed by atoms with van der Waals surface area (Å²) in [5, 5.41) is 5.01. The predicted molar refractivity (Wildman–Crippen MR) is 73.3 cm³/mol. The Morgan fingerprint density at radius 2 is 2.37 bits per heavy atom. The minimum Gasteiger partial charge on any atom is -0.494 e. The van der Waals surface area contributed by atoms with Gasteiger partial charge in [0.25, 0.3) is 0 Å². The van der Waals surface area contributed by atoms with Crippen molar-refractivity contribution in [1.29, 1.82) is 0 Å². The van der Waals surface area contributed by atoms with Crippen molar-refractivity contribution in [2.75, 3.05) is 23.9 Å². The molecule has 1 aromatic carbocycles. The molecule has 0 fully saturated rings. The van der Waals surface area contributed by atoms with E-state index in [9.17, 15) is 4.79 Å². The van der Waals surface area contributed by atoms with E-state index < -0.39 is 0 Å². The molecule has 1 amide bonds. The molecular weight excluding hydrogens is 242 g/mol. The first-order chi connectivity index (χ1) is 9.28. The highest BCUT2D eigenvalue weighted by Crippen LogP contribution is 2.46. The number of benzene rings is 1. The van der Waals surface area contributed by atoms with Crippen molar-refractivity contribution in [3.8, 4) is 5.75 Å². The normalized spacial score (nSPS) is 15.6. The molecule has 2 aliphatic rings. The van der Waals surface area contributed by atoms with Crippen LogP contribution in [0.25, 0.3) is 16.8 Å². The van der Waals surface area contributed by atoms with Crippen molar-refractivity contribution >= 4 is 34.1 Å². The molecule has 0 unspecified atom stereocenters. The van der Waals surface area contributed by atoms with E-state index in [2.05, 4.69) is 10.3 Å². The van der Waals surface area contributed by atoms with Gasteiger partial charge >= 0.3 is 0 Å². The standard InChI is InChI=1S/C14H11N3O2/c1-19-10-6-8-2-4-15-9-3-5-17-7-11(18)16-13(10)14(17)12(8)9/h2-6H,7H2,1H3,(H,16,18). The zero-order valence-corrected chi connectivity index (χ0v) is 10.3. The van der Waals surface area contributed by atoms with Crippen LogP contribution in [0.2, 0.25) is 0 Å². The van der Waals surface area contributed by atoms with Gasteiger partial charge in [-0.3, -0.25) is 9.78 Å². The van der Waals surface area contributed by atoms with Gasteiger partial charge in [-0.15, -0.1) is 0 Å². The highest BCUT2D eigenvalue weighted by molar-refractivity contribution is 6.15. The smallest absolute Gasteiger partial charge is 0.244 e. The number of pyridine rings is 1. The summed E-state index contributed by atoms with van der Waals surface area (Å²) in [4.78, 5) is 18.1. The van der Waals surface area contributed by atoms with Crippen molar-refractivity contribution in [1.82, 2.24) is 4.98 Å². The summed E-state index contributed by atoms with van der Waals surface area (Å²) in [5.74, 6) is 0.634. The van der Waals surface area contributed by atoms with Crippen LogP contribution in [0.3, 0.4) is 0 Å². The first-order valence-electron chi connectivity index (χ1n) is 6.02. The Labute approximate surface area is 109 Å². The van der Waals surface area contributed by atoms with Crippen molar-refractivity contribution < 1.29 is 9.53 Å². The van der Waals surface area contributed by atoms with E-state index in [0.717, 1.165) is 27.8 Å². The maximum absolute atomic E-state index is 11.8. The first kappa shape index (κ1) is 10.4. The van der Waals surface area contributed by atoms with Crippen molar-refractivity contribution in [3.63, 3.8) is 0 Å². The molecule has 5 nitrogen and oxygen atoms in total. The molecule has 0 atom stereocenters. The summed E-state index contributed by atoms with van der Waals surface area (Å²) in [6, 6.07) is 3.89. The minimum absolute atomic E-state index is 0.0397. The number of hydrogen-bond acceptors (Lipinski definition) is 4. The fourth-order valence-corrected chi connectivity index (χ4v) is 2.72. The molecule has 1 N–H and O–H groups in total. The molecule has 19 heavy (non-hydrogen) atoms. The van der Waals surface area contributed by atoms with Crippen LogP contribution >= 0.6 is 0 Å². The summed E-state index contributed by atoms with van der Waals surface area (Å²) < 4.78 is 5.40. The molecule has 2 aliphatic heterocycles. The molecule has 0 spiro atoms. The van der Waals surface area contributed by atoms with Gasteiger partial charge < -0.3 is 15.0 Å².